The lowest BCUT2D eigenvalue weighted by Crippen LogP contribution is -2.35. The van der Waals surface area contributed by atoms with Crippen molar-refractivity contribution in [3.63, 3.8) is 0 Å². The van der Waals surface area contributed by atoms with Crippen molar-refractivity contribution >= 4 is 0 Å². The summed E-state index contributed by atoms with van der Waals surface area (Å²) in [5, 5.41) is 0. The monoisotopic (exact) mass is 439 g/mol. The summed E-state index contributed by atoms with van der Waals surface area (Å²) >= 11 is 0. The van der Waals surface area contributed by atoms with Gasteiger partial charge in [0, 0.05) is 55.8 Å². The number of benzene rings is 1. The number of H-pyrrole nitrogens is 1. The van der Waals surface area contributed by atoms with Crippen LogP contribution < -0.4 is 15.0 Å². The van der Waals surface area contributed by atoms with Gasteiger partial charge in [-0.25, -0.2) is 4.98 Å². The zero-order valence-corrected chi connectivity index (χ0v) is 17.8. The van der Waals surface area contributed by atoms with Gasteiger partial charge >= 0.3 is 0 Å². The molecule has 0 aliphatic carbocycles. The summed E-state index contributed by atoms with van der Waals surface area (Å²) in [6.45, 7) is 2.37. The van der Waals surface area contributed by atoms with Crippen LogP contribution in [0.15, 0.2) is 65.8 Å². The van der Waals surface area contributed by atoms with Crippen molar-refractivity contribution in [1.29, 1.82) is 0 Å². The van der Waals surface area contributed by atoms with Gasteiger partial charge in [0.15, 0.2) is 11.5 Å². The first-order valence-electron chi connectivity index (χ1n) is 10.8. The van der Waals surface area contributed by atoms with E-state index in [1.807, 2.05) is 42.6 Å². The lowest BCUT2D eigenvalue weighted by molar-refractivity contribution is 0.174. The summed E-state index contributed by atoms with van der Waals surface area (Å²) in [4.78, 5) is 31.4. The van der Waals surface area contributed by atoms with Gasteiger partial charge in [0.25, 0.3) is 5.56 Å². The number of hydrogen-bond acceptors (Lipinski definition) is 7. The number of fused-ring (bicyclic) bond motifs is 2. The topological polar surface area (TPSA) is 93.2 Å². The molecular formula is C25H21N5O3. The van der Waals surface area contributed by atoms with Gasteiger partial charge in [-0.2, -0.15) is 0 Å². The van der Waals surface area contributed by atoms with E-state index in [0.29, 0.717) is 12.4 Å². The zero-order valence-electron chi connectivity index (χ0n) is 17.8. The molecule has 5 heterocycles. The molecule has 2 aliphatic heterocycles. The van der Waals surface area contributed by atoms with E-state index in [9.17, 15) is 4.79 Å². The van der Waals surface area contributed by atoms with E-state index in [4.69, 9.17) is 14.5 Å². The molecule has 0 radical (unpaired) electrons. The predicted octanol–water partition coefficient (Wildman–Crippen LogP) is 3.18. The van der Waals surface area contributed by atoms with E-state index >= 15 is 0 Å². The van der Waals surface area contributed by atoms with E-state index in [0.717, 1.165) is 64.7 Å². The number of aromatic nitrogens is 4. The third-order valence-corrected chi connectivity index (χ3v) is 5.98. The van der Waals surface area contributed by atoms with Gasteiger partial charge in [0.2, 0.25) is 6.79 Å². The number of pyridine rings is 2. The second-order valence-corrected chi connectivity index (χ2v) is 8.16. The summed E-state index contributed by atoms with van der Waals surface area (Å²) in [6, 6.07) is 13.7. The number of aromatic amines is 1. The van der Waals surface area contributed by atoms with Crippen LogP contribution in [0.2, 0.25) is 0 Å². The molecule has 1 aromatic carbocycles. The minimum absolute atomic E-state index is 0.0835. The Hall–Kier alpha value is -4.04. The number of nitrogens with zero attached hydrogens (tertiary/aromatic N) is 4. The van der Waals surface area contributed by atoms with Crippen LogP contribution in [-0.4, -0.2) is 38.2 Å². The number of hydrogen-bond donors (Lipinski definition) is 1. The molecule has 0 fully saturated rings. The molecule has 4 aromatic rings. The Balaban J connectivity index is 1.17. The normalized spacial score (nSPS) is 14.8. The van der Waals surface area contributed by atoms with Crippen LogP contribution in [0.25, 0.3) is 22.6 Å². The van der Waals surface area contributed by atoms with Gasteiger partial charge in [-0.05, 0) is 42.0 Å². The molecule has 0 bridgehead atoms. The fourth-order valence-corrected chi connectivity index (χ4v) is 4.26. The first-order chi connectivity index (χ1) is 16.2. The largest absolute Gasteiger partial charge is 0.454 e. The SMILES string of the molecule is O=c1[nH]c(-c2cccnc2)nc2c1CN(Cc1ccc(-c3ccc4c(c3)OCO4)nc1)CC2. The van der Waals surface area contributed by atoms with E-state index in [1.165, 1.54) is 0 Å². The van der Waals surface area contributed by atoms with Crippen molar-refractivity contribution < 1.29 is 9.47 Å². The Kier molecular flexibility index (Phi) is 4.84. The molecule has 0 saturated heterocycles. The first kappa shape index (κ1) is 19.6. The lowest BCUT2D eigenvalue weighted by atomic mass is 10.1. The maximum absolute atomic E-state index is 12.8. The molecule has 0 atom stereocenters. The van der Waals surface area contributed by atoms with Crippen LogP contribution in [-0.2, 0) is 19.5 Å². The van der Waals surface area contributed by atoms with E-state index in [1.54, 1.807) is 12.4 Å². The smallest absolute Gasteiger partial charge is 0.255 e. The Morgan fingerprint density at radius 3 is 2.82 bits per heavy atom. The zero-order chi connectivity index (χ0) is 22.2. The van der Waals surface area contributed by atoms with Crippen LogP contribution in [0.3, 0.4) is 0 Å². The molecule has 0 unspecified atom stereocenters. The van der Waals surface area contributed by atoms with Gasteiger partial charge < -0.3 is 14.5 Å². The van der Waals surface area contributed by atoms with E-state index in [2.05, 4.69) is 25.9 Å². The summed E-state index contributed by atoms with van der Waals surface area (Å²) < 4.78 is 10.8. The summed E-state index contributed by atoms with van der Waals surface area (Å²) in [5.41, 5.74) is 5.29. The average Bonchev–Trinajstić information content (AvgIpc) is 3.33. The third kappa shape index (κ3) is 3.85. The molecule has 33 heavy (non-hydrogen) atoms. The molecule has 2 aliphatic rings. The molecule has 1 N–H and O–H groups in total. The number of nitrogens with one attached hydrogen (secondary N) is 1. The standard InChI is InChI=1S/C25H21N5O3/c31-25-19-14-30(9-7-21(19)28-24(29-25)18-2-1-8-26-12-18)13-16-3-5-20(27-11-16)17-4-6-22-23(10-17)33-15-32-22/h1-6,8,10-12H,7,9,13-15H2,(H,28,29,31). The van der Waals surface area contributed by atoms with Crippen molar-refractivity contribution in [2.45, 2.75) is 19.5 Å². The van der Waals surface area contributed by atoms with Gasteiger partial charge in [-0.1, -0.05) is 6.07 Å². The molecular weight excluding hydrogens is 418 g/mol. The summed E-state index contributed by atoms with van der Waals surface area (Å²) in [6.07, 6.45) is 6.03. The second-order valence-electron chi connectivity index (χ2n) is 8.16. The molecule has 0 amide bonds. The van der Waals surface area contributed by atoms with Crippen LogP contribution >= 0.6 is 0 Å². The molecule has 6 rings (SSSR count). The average molecular weight is 439 g/mol. The molecule has 8 nitrogen and oxygen atoms in total. The Morgan fingerprint density at radius 2 is 1.97 bits per heavy atom. The van der Waals surface area contributed by atoms with Crippen LogP contribution in [0.1, 0.15) is 16.8 Å². The third-order valence-electron chi connectivity index (χ3n) is 5.98. The van der Waals surface area contributed by atoms with Gasteiger partial charge in [0.1, 0.15) is 5.82 Å². The Morgan fingerprint density at radius 1 is 1.03 bits per heavy atom. The quantitative estimate of drug-likeness (QED) is 0.522. The minimum Gasteiger partial charge on any atom is -0.454 e. The lowest BCUT2D eigenvalue weighted by Gasteiger charge is -2.27. The van der Waals surface area contributed by atoms with Crippen molar-refractivity contribution in [2.24, 2.45) is 0 Å². The van der Waals surface area contributed by atoms with E-state index in [-0.39, 0.29) is 12.4 Å². The second kappa shape index (κ2) is 8.14. The number of ether oxygens (including phenoxy) is 2. The molecule has 164 valence electrons. The van der Waals surface area contributed by atoms with Crippen LogP contribution in [0, 0.1) is 0 Å². The van der Waals surface area contributed by atoms with Crippen LogP contribution in [0.4, 0.5) is 0 Å². The van der Waals surface area contributed by atoms with E-state index < -0.39 is 0 Å². The highest BCUT2D eigenvalue weighted by molar-refractivity contribution is 5.64. The van der Waals surface area contributed by atoms with Crippen molar-refractivity contribution in [3.8, 4) is 34.1 Å². The molecule has 3 aromatic heterocycles. The maximum atomic E-state index is 12.8. The molecule has 8 heteroatoms. The highest BCUT2D eigenvalue weighted by Crippen LogP contribution is 2.35. The Labute approximate surface area is 189 Å². The highest BCUT2D eigenvalue weighted by Gasteiger charge is 2.22. The fourth-order valence-electron chi connectivity index (χ4n) is 4.26. The van der Waals surface area contributed by atoms with Crippen LogP contribution in [0.5, 0.6) is 11.5 Å². The van der Waals surface area contributed by atoms with Crippen molar-refractivity contribution in [1.82, 2.24) is 24.8 Å². The van der Waals surface area contributed by atoms with Gasteiger partial charge in [0.05, 0.1) is 17.0 Å². The fraction of sp³-hybridized carbons (Fsp3) is 0.200. The summed E-state index contributed by atoms with van der Waals surface area (Å²) in [5.74, 6) is 2.08. The minimum atomic E-state index is -0.0835. The number of rotatable bonds is 4. The Bertz CT molecular complexity index is 1370. The molecule has 0 saturated carbocycles. The predicted molar refractivity (Wildman–Crippen MR) is 122 cm³/mol. The highest BCUT2D eigenvalue weighted by atomic mass is 16.7. The van der Waals surface area contributed by atoms with Crippen molar-refractivity contribution in [3.05, 3.63) is 88.2 Å². The van der Waals surface area contributed by atoms with Crippen molar-refractivity contribution in [2.75, 3.05) is 13.3 Å². The molecule has 0 spiro atoms. The van der Waals surface area contributed by atoms with Gasteiger partial charge in [-0.15, -0.1) is 0 Å². The van der Waals surface area contributed by atoms with Gasteiger partial charge in [-0.3, -0.25) is 19.7 Å². The maximum Gasteiger partial charge on any atom is 0.255 e. The summed E-state index contributed by atoms with van der Waals surface area (Å²) in [7, 11) is 0. The first-order valence-corrected chi connectivity index (χ1v) is 10.8.